The van der Waals surface area contributed by atoms with Gasteiger partial charge in [-0.25, -0.2) is 18.7 Å². The Bertz CT molecular complexity index is 1060. The van der Waals surface area contributed by atoms with Crippen LogP contribution in [0.5, 0.6) is 5.88 Å². The van der Waals surface area contributed by atoms with E-state index in [1.165, 1.54) is 30.0 Å². The molecule has 2 aliphatic heterocycles. The van der Waals surface area contributed by atoms with Gasteiger partial charge in [-0.15, -0.1) is 0 Å². The number of ether oxygens (including phenoxy) is 2. The number of carbonyl (C=O) groups excluding carboxylic acids is 1. The van der Waals surface area contributed by atoms with Gasteiger partial charge in [0.2, 0.25) is 5.88 Å². The maximum atomic E-state index is 15.0. The average Bonchev–Trinajstić information content (AvgIpc) is 2.79. The standard InChI is InChI=1S/C20H19F4N5O3S/c21-6-15-12-9-33-19(25)29-20(12,3-4-31-15)11-5-10(1-2-13(11)22)28-17(30)14-7-27-16(8-26-14)32-18(23)24/h1-2,5,7-8,12,15,18H,3-4,6,9H2,(H2,25,29)(H,28,30). The molecule has 0 bridgehead atoms. The molecule has 2 aliphatic rings. The largest absolute Gasteiger partial charge is 0.415 e. The van der Waals surface area contributed by atoms with Crippen LogP contribution in [0.3, 0.4) is 0 Å². The lowest BCUT2D eigenvalue weighted by molar-refractivity contribution is -0.0714. The van der Waals surface area contributed by atoms with Gasteiger partial charge in [0, 0.05) is 35.9 Å². The van der Waals surface area contributed by atoms with Crippen LogP contribution in [0.2, 0.25) is 0 Å². The number of aliphatic imine (C=N–C) groups is 1. The fraction of sp³-hybridized carbons (Fsp3) is 0.400. The number of halogens is 4. The Labute approximate surface area is 190 Å². The van der Waals surface area contributed by atoms with Crippen molar-refractivity contribution in [2.45, 2.75) is 24.7 Å². The van der Waals surface area contributed by atoms with Crippen LogP contribution in [-0.4, -0.2) is 52.8 Å². The third-order valence-electron chi connectivity index (χ3n) is 5.51. The van der Waals surface area contributed by atoms with Crippen molar-refractivity contribution in [2.75, 3.05) is 24.4 Å². The fourth-order valence-electron chi connectivity index (χ4n) is 4.03. The summed E-state index contributed by atoms with van der Waals surface area (Å²) in [7, 11) is 0. The van der Waals surface area contributed by atoms with Gasteiger partial charge in [0.1, 0.15) is 18.2 Å². The summed E-state index contributed by atoms with van der Waals surface area (Å²) >= 11 is 1.26. The normalized spacial score (nSPS) is 24.7. The third-order valence-corrected chi connectivity index (χ3v) is 6.42. The molecule has 1 aromatic carbocycles. The first kappa shape index (κ1) is 23.2. The maximum absolute atomic E-state index is 15.0. The Balaban J connectivity index is 1.62. The highest BCUT2D eigenvalue weighted by Crippen LogP contribution is 2.48. The predicted molar refractivity (Wildman–Crippen MR) is 113 cm³/mol. The Morgan fingerprint density at radius 3 is 2.88 bits per heavy atom. The van der Waals surface area contributed by atoms with Crippen molar-refractivity contribution in [2.24, 2.45) is 16.6 Å². The van der Waals surface area contributed by atoms with Crippen molar-refractivity contribution >= 4 is 28.5 Å². The zero-order valence-electron chi connectivity index (χ0n) is 17.0. The molecule has 0 saturated carbocycles. The molecule has 3 atom stereocenters. The van der Waals surface area contributed by atoms with E-state index in [9.17, 15) is 18.0 Å². The number of nitrogens with zero attached hydrogens (tertiary/aromatic N) is 3. The van der Waals surface area contributed by atoms with Crippen molar-refractivity contribution in [3.05, 3.63) is 47.7 Å². The number of aromatic nitrogens is 2. The Morgan fingerprint density at radius 1 is 1.36 bits per heavy atom. The second-order valence-corrected chi connectivity index (χ2v) is 8.41. The summed E-state index contributed by atoms with van der Waals surface area (Å²) < 4.78 is 62.8. The summed E-state index contributed by atoms with van der Waals surface area (Å²) in [5, 5.41) is 2.83. The van der Waals surface area contributed by atoms with Crippen LogP contribution in [0.4, 0.5) is 23.2 Å². The van der Waals surface area contributed by atoms with Crippen LogP contribution >= 0.6 is 11.8 Å². The minimum absolute atomic E-state index is 0.168. The molecule has 3 unspecified atom stereocenters. The second-order valence-electron chi connectivity index (χ2n) is 7.37. The molecule has 0 radical (unpaired) electrons. The van der Waals surface area contributed by atoms with Gasteiger partial charge >= 0.3 is 6.61 Å². The fourth-order valence-corrected chi connectivity index (χ4v) is 5.09. The number of hydrogen-bond donors (Lipinski definition) is 2. The monoisotopic (exact) mass is 485 g/mol. The Hall–Kier alpha value is -2.93. The van der Waals surface area contributed by atoms with Gasteiger partial charge in [0.15, 0.2) is 5.17 Å². The van der Waals surface area contributed by atoms with E-state index in [0.29, 0.717) is 12.2 Å². The van der Waals surface area contributed by atoms with E-state index in [1.54, 1.807) is 0 Å². The van der Waals surface area contributed by atoms with Gasteiger partial charge in [-0.2, -0.15) is 8.78 Å². The molecule has 1 saturated heterocycles. The summed E-state index contributed by atoms with van der Waals surface area (Å²) in [6, 6.07) is 3.95. The van der Waals surface area contributed by atoms with Crippen molar-refractivity contribution in [1.82, 2.24) is 9.97 Å². The van der Waals surface area contributed by atoms with Crippen LogP contribution in [0.1, 0.15) is 22.5 Å². The van der Waals surface area contributed by atoms with Gasteiger partial charge in [0.25, 0.3) is 5.91 Å². The minimum atomic E-state index is -3.07. The number of nitrogens with one attached hydrogen (secondary N) is 1. The number of carbonyl (C=O) groups is 1. The summed E-state index contributed by atoms with van der Waals surface area (Å²) in [4.78, 5) is 24.4. The molecule has 176 valence electrons. The highest BCUT2D eigenvalue weighted by atomic mass is 32.2. The number of rotatable bonds is 6. The number of benzene rings is 1. The zero-order chi connectivity index (χ0) is 23.6. The number of amides is 1. The summed E-state index contributed by atoms with van der Waals surface area (Å²) in [6.07, 6.45) is 1.39. The van der Waals surface area contributed by atoms with Crippen molar-refractivity contribution < 1.29 is 31.8 Å². The van der Waals surface area contributed by atoms with Crippen molar-refractivity contribution in [1.29, 1.82) is 0 Å². The molecule has 8 nitrogen and oxygen atoms in total. The van der Waals surface area contributed by atoms with Crippen molar-refractivity contribution in [3.8, 4) is 5.88 Å². The van der Waals surface area contributed by atoms with Gasteiger partial charge in [-0.05, 0) is 18.2 Å². The first-order chi connectivity index (χ1) is 15.8. The highest BCUT2D eigenvalue weighted by molar-refractivity contribution is 8.13. The van der Waals surface area contributed by atoms with Gasteiger partial charge in [-0.3, -0.25) is 9.79 Å². The van der Waals surface area contributed by atoms with Gasteiger partial charge < -0.3 is 20.5 Å². The molecule has 33 heavy (non-hydrogen) atoms. The molecule has 3 N–H and O–H groups in total. The number of alkyl halides is 3. The molecule has 0 spiro atoms. The molecule has 0 aliphatic carbocycles. The predicted octanol–water partition coefficient (Wildman–Crippen LogP) is 3.10. The lowest BCUT2D eigenvalue weighted by Gasteiger charge is -2.47. The maximum Gasteiger partial charge on any atom is 0.388 e. The third kappa shape index (κ3) is 4.74. The van der Waals surface area contributed by atoms with E-state index in [4.69, 9.17) is 10.5 Å². The lowest BCUT2D eigenvalue weighted by atomic mass is 9.72. The molecular formula is C20H19F4N5O3S. The topological polar surface area (TPSA) is 112 Å². The quantitative estimate of drug-likeness (QED) is 0.605. The SMILES string of the molecule is NC1=NC2(c3cc(NC(=O)c4cnc(OC(F)F)cn4)ccc3F)CCOC(CF)C2CS1. The molecule has 13 heteroatoms. The van der Waals surface area contributed by atoms with E-state index in [-0.39, 0.29) is 28.7 Å². The Morgan fingerprint density at radius 2 is 2.18 bits per heavy atom. The molecule has 4 rings (SSSR count). The first-order valence-electron chi connectivity index (χ1n) is 9.86. The average molecular weight is 485 g/mol. The molecule has 1 fully saturated rings. The van der Waals surface area contributed by atoms with E-state index < -0.39 is 48.5 Å². The van der Waals surface area contributed by atoms with Crippen molar-refractivity contribution in [3.63, 3.8) is 0 Å². The van der Waals surface area contributed by atoms with Crippen LogP contribution in [0, 0.1) is 11.7 Å². The second kappa shape index (κ2) is 9.51. The molecular weight excluding hydrogens is 466 g/mol. The molecule has 3 heterocycles. The van der Waals surface area contributed by atoms with Gasteiger partial charge in [-0.1, -0.05) is 11.8 Å². The Kier molecular flexibility index (Phi) is 6.70. The number of anilines is 1. The van der Waals surface area contributed by atoms with E-state index in [1.807, 2.05) is 0 Å². The van der Waals surface area contributed by atoms with E-state index in [0.717, 1.165) is 12.4 Å². The van der Waals surface area contributed by atoms with Crippen LogP contribution < -0.4 is 15.8 Å². The van der Waals surface area contributed by atoms with Gasteiger partial charge in [0.05, 0.1) is 24.0 Å². The van der Waals surface area contributed by atoms with Crippen LogP contribution in [-0.2, 0) is 10.3 Å². The number of amidine groups is 1. The van der Waals surface area contributed by atoms with Crippen LogP contribution in [0.15, 0.2) is 35.6 Å². The minimum Gasteiger partial charge on any atom is -0.415 e. The summed E-state index contributed by atoms with van der Waals surface area (Å²) in [6.45, 7) is -3.65. The number of hydrogen-bond acceptors (Lipinski definition) is 8. The zero-order valence-corrected chi connectivity index (χ0v) is 17.8. The number of nitrogens with two attached hydrogens (primary N) is 1. The van der Waals surface area contributed by atoms with E-state index in [2.05, 4.69) is 25.0 Å². The van der Waals surface area contributed by atoms with Crippen LogP contribution in [0.25, 0.3) is 0 Å². The summed E-state index contributed by atoms with van der Waals surface area (Å²) in [5.74, 6) is -1.77. The van der Waals surface area contributed by atoms with E-state index >= 15 is 4.39 Å². The molecule has 1 amide bonds. The molecule has 2 aromatic rings. The first-order valence-corrected chi connectivity index (χ1v) is 10.8. The highest BCUT2D eigenvalue weighted by Gasteiger charge is 2.51. The molecule has 1 aromatic heterocycles. The number of fused-ring (bicyclic) bond motifs is 1. The summed E-state index contributed by atoms with van der Waals surface area (Å²) in [5.41, 5.74) is 5.05. The smallest absolute Gasteiger partial charge is 0.388 e. The lowest BCUT2D eigenvalue weighted by Crippen LogP contribution is -2.52. The number of thioether (sulfide) groups is 1.